The molecule has 2 fully saturated rings. The van der Waals surface area contributed by atoms with Crippen LogP contribution in [0.4, 0.5) is 0 Å². The Hall–Kier alpha value is 0.260. The minimum atomic E-state index is -0.598. The van der Waals surface area contributed by atoms with Gasteiger partial charge in [-0.15, -0.1) is 0 Å². The van der Waals surface area contributed by atoms with Gasteiger partial charge in [0.15, 0.2) is 0 Å². The van der Waals surface area contributed by atoms with Crippen molar-refractivity contribution in [1.29, 1.82) is 0 Å². The Labute approximate surface area is 208 Å². The maximum atomic E-state index is 2.56. The molecule has 3 unspecified atom stereocenters. The Bertz CT molecular complexity index is 661. The maximum Gasteiger partial charge on any atom is 0.0840 e. The second kappa shape index (κ2) is 13.1. The van der Waals surface area contributed by atoms with Crippen LogP contribution in [-0.2, 0) is 12.3 Å². The van der Waals surface area contributed by atoms with Gasteiger partial charge in [-0.05, 0) is 35.8 Å². The number of hydrogen-bond acceptors (Lipinski definition) is 0. The summed E-state index contributed by atoms with van der Waals surface area (Å²) in [6, 6.07) is 22.0. The first-order valence-electron chi connectivity index (χ1n) is 11.1. The predicted molar refractivity (Wildman–Crippen MR) is 133 cm³/mol. The molecule has 0 aliphatic carbocycles. The molecule has 2 saturated heterocycles. The molecule has 0 aromatic heterocycles. The van der Waals surface area contributed by atoms with E-state index in [-0.39, 0.29) is 34.0 Å². The molecule has 4 rings (SSSR count). The average molecular weight is 574 g/mol. The summed E-state index contributed by atoms with van der Waals surface area (Å²) in [5.41, 5.74) is 3.11. The molecule has 0 amide bonds. The van der Waals surface area contributed by atoms with E-state index in [1.165, 1.54) is 49.8 Å². The van der Waals surface area contributed by atoms with E-state index in [0.29, 0.717) is 0 Å². The molecular weight excluding hydrogens is 534 g/mol. The lowest BCUT2D eigenvalue weighted by molar-refractivity contribution is -0.001000. The van der Waals surface area contributed by atoms with E-state index >= 15 is 0 Å². The molecule has 2 aliphatic heterocycles. The topological polar surface area (TPSA) is 0 Å². The fourth-order valence-corrected chi connectivity index (χ4v) is 13.9. The van der Waals surface area contributed by atoms with Crippen LogP contribution in [0.1, 0.15) is 37.8 Å². The van der Waals surface area contributed by atoms with Crippen LogP contribution >= 0.6 is 14.5 Å². The molecule has 30 heavy (non-hydrogen) atoms. The van der Waals surface area contributed by atoms with E-state index in [1.54, 1.807) is 11.1 Å². The quantitative estimate of drug-likeness (QED) is 0.489. The van der Waals surface area contributed by atoms with Gasteiger partial charge in [0.05, 0.1) is 37.0 Å². The molecule has 0 saturated carbocycles. The first kappa shape index (κ1) is 28.3. The van der Waals surface area contributed by atoms with Crippen LogP contribution in [0, 0.1) is 11.8 Å². The van der Waals surface area contributed by atoms with Gasteiger partial charge >= 0.3 is 0 Å². The summed E-state index contributed by atoms with van der Waals surface area (Å²) in [4.78, 5) is 0. The van der Waals surface area contributed by atoms with Crippen LogP contribution in [0.15, 0.2) is 60.7 Å². The zero-order chi connectivity index (χ0) is 20.0. The third-order valence-corrected chi connectivity index (χ3v) is 14.6. The Balaban J connectivity index is 0.000000281. The second-order valence-electron chi connectivity index (χ2n) is 10.1. The maximum absolute atomic E-state index is 2.56. The average Bonchev–Trinajstić information content (AvgIpc) is 3.18. The summed E-state index contributed by atoms with van der Waals surface area (Å²) >= 11 is 0. The summed E-state index contributed by atoms with van der Waals surface area (Å²) in [7, 11) is -1.20. The third-order valence-electron chi connectivity index (χ3n) is 6.64. The fraction of sp³-hybridized carbons (Fsp3) is 0.538. The summed E-state index contributed by atoms with van der Waals surface area (Å²) < 4.78 is 0. The highest BCUT2D eigenvalue weighted by Gasteiger charge is 2.40. The van der Waals surface area contributed by atoms with Crippen molar-refractivity contribution in [3.8, 4) is 0 Å². The molecule has 0 radical (unpaired) electrons. The first-order chi connectivity index (χ1) is 13.4. The van der Waals surface area contributed by atoms with Crippen molar-refractivity contribution in [3.63, 3.8) is 0 Å². The zero-order valence-corrected chi connectivity index (χ0v) is 24.2. The third kappa shape index (κ3) is 9.02. The first-order valence-corrected chi connectivity index (χ1v) is 16.7. The van der Waals surface area contributed by atoms with Crippen LogP contribution in [0.2, 0.25) is 0 Å². The second-order valence-corrected chi connectivity index (χ2v) is 18.9. The minimum Gasteiger partial charge on any atom is -1.00 e. The Morgan fingerprint density at radius 1 is 0.633 bits per heavy atom. The van der Waals surface area contributed by atoms with Gasteiger partial charge in [0, 0.05) is 27.9 Å². The summed E-state index contributed by atoms with van der Waals surface area (Å²) in [5.74, 6) is 1.97. The van der Waals surface area contributed by atoms with Crippen molar-refractivity contribution >= 4 is 14.5 Å². The molecule has 0 N–H and O–H groups in total. The van der Waals surface area contributed by atoms with Crippen LogP contribution in [-0.4, -0.2) is 38.0 Å². The fourth-order valence-electron chi connectivity index (χ4n) is 5.27. The predicted octanol–water partition coefficient (Wildman–Crippen LogP) is 1.76. The van der Waals surface area contributed by atoms with E-state index in [0.717, 1.165) is 11.8 Å². The highest BCUT2D eigenvalue weighted by Crippen LogP contribution is 2.65. The molecule has 4 heteroatoms. The van der Waals surface area contributed by atoms with Gasteiger partial charge in [0.2, 0.25) is 0 Å². The monoisotopic (exact) mass is 572 g/mol. The Kier molecular flexibility index (Phi) is 12.3. The number of rotatable bonds is 4. The summed E-state index contributed by atoms with van der Waals surface area (Å²) in [5, 5.41) is 0. The zero-order valence-electron chi connectivity index (χ0n) is 19.2. The molecule has 168 valence electrons. The molecule has 2 heterocycles. The van der Waals surface area contributed by atoms with Gasteiger partial charge in [0.25, 0.3) is 0 Å². The van der Waals surface area contributed by atoms with E-state index in [1.807, 2.05) is 0 Å². The van der Waals surface area contributed by atoms with Crippen molar-refractivity contribution < 1.29 is 34.0 Å². The van der Waals surface area contributed by atoms with Crippen LogP contribution in [0.5, 0.6) is 0 Å². The largest absolute Gasteiger partial charge is 1.00 e. The molecule has 0 bridgehead atoms. The lowest BCUT2D eigenvalue weighted by Crippen LogP contribution is -3.00. The van der Waals surface area contributed by atoms with E-state index in [9.17, 15) is 0 Å². The van der Waals surface area contributed by atoms with Gasteiger partial charge in [-0.1, -0.05) is 74.5 Å². The highest BCUT2D eigenvalue weighted by atomic mass is 79.9. The summed E-state index contributed by atoms with van der Waals surface area (Å²) in [6.07, 6.45) is 11.8. The van der Waals surface area contributed by atoms with Crippen molar-refractivity contribution in [1.82, 2.24) is 0 Å². The normalized spacial score (nSPS) is 29.9. The van der Waals surface area contributed by atoms with Crippen LogP contribution in [0.3, 0.4) is 0 Å². The molecule has 0 spiro atoms. The lowest BCUT2D eigenvalue weighted by Gasteiger charge is -2.17. The van der Waals surface area contributed by atoms with E-state index in [2.05, 4.69) is 87.8 Å². The van der Waals surface area contributed by atoms with Crippen molar-refractivity contribution in [2.75, 3.05) is 38.0 Å². The molecular formula is C26H40Br2P2. The SMILES string of the molecule is CC1CC[P+](C)(Cc2ccccc2)C1.C[C@@H]1CC[P+](C)(Cc2ccccc2)C1.[Br-].[Br-]. The van der Waals surface area contributed by atoms with E-state index < -0.39 is 14.5 Å². The lowest BCUT2D eigenvalue weighted by atomic mass is 10.2. The minimum absolute atomic E-state index is 0. The van der Waals surface area contributed by atoms with Gasteiger partial charge in [-0.25, -0.2) is 0 Å². The van der Waals surface area contributed by atoms with Crippen LogP contribution in [0.25, 0.3) is 0 Å². The highest BCUT2D eigenvalue weighted by molar-refractivity contribution is 7.75. The van der Waals surface area contributed by atoms with Gasteiger partial charge < -0.3 is 34.0 Å². The standard InChI is InChI=1S/2C13H20P.2BrH/c2*1-12-8-9-14(2,10-12)11-13-6-4-3-5-7-13;;/h2*3-7,12H,8-11H2,1-2H3;2*1H/q2*+1;;/p-2/t12-,14?;;;/m1.../s1. The van der Waals surface area contributed by atoms with Gasteiger partial charge in [0.1, 0.15) is 0 Å². The molecule has 2 aliphatic rings. The van der Waals surface area contributed by atoms with Crippen molar-refractivity contribution in [2.24, 2.45) is 11.8 Å². The molecule has 4 atom stereocenters. The number of halogens is 2. The Morgan fingerprint density at radius 3 is 1.23 bits per heavy atom. The van der Waals surface area contributed by atoms with Crippen molar-refractivity contribution in [2.45, 2.75) is 39.0 Å². The molecule has 2 aromatic rings. The number of benzene rings is 2. The molecule has 2 aromatic carbocycles. The summed E-state index contributed by atoms with van der Waals surface area (Å²) in [6.45, 7) is 9.94. The Morgan fingerprint density at radius 2 is 0.967 bits per heavy atom. The smallest absolute Gasteiger partial charge is 0.0840 e. The number of hydrogen-bond donors (Lipinski definition) is 0. The van der Waals surface area contributed by atoms with Crippen LogP contribution < -0.4 is 34.0 Å². The van der Waals surface area contributed by atoms with Gasteiger partial charge in [-0.3, -0.25) is 0 Å². The van der Waals surface area contributed by atoms with Crippen molar-refractivity contribution in [3.05, 3.63) is 71.8 Å². The van der Waals surface area contributed by atoms with Gasteiger partial charge in [-0.2, -0.15) is 0 Å². The van der Waals surface area contributed by atoms with E-state index in [4.69, 9.17) is 0 Å². The molecule has 0 nitrogen and oxygen atoms in total.